The number of halogens is 7. The van der Waals surface area contributed by atoms with Gasteiger partial charge in [0, 0.05) is 16.8 Å². The first-order valence-electron chi connectivity index (χ1n) is 11.3. The highest BCUT2D eigenvalue weighted by Gasteiger charge is 2.39. The number of pyridine rings is 1. The summed E-state index contributed by atoms with van der Waals surface area (Å²) in [5.41, 5.74) is 4.44. The van der Waals surface area contributed by atoms with Crippen molar-refractivity contribution in [3.63, 3.8) is 0 Å². The van der Waals surface area contributed by atoms with Gasteiger partial charge in [-0.15, -0.1) is 23.4 Å². The number of hydrogen-bond acceptors (Lipinski definition) is 9. The maximum Gasteiger partial charge on any atom is 0.573 e. The van der Waals surface area contributed by atoms with Gasteiger partial charge >= 0.3 is 18.2 Å². The summed E-state index contributed by atoms with van der Waals surface area (Å²) in [5, 5.41) is 17.9. The molecule has 0 amide bonds. The van der Waals surface area contributed by atoms with Gasteiger partial charge < -0.3 is 15.6 Å². The molecule has 0 unspecified atom stereocenters. The summed E-state index contributed by atoms with van der Waals surface area (Å²) in [6.45, 7) is -2.51. The highest BCUT2D eigenvalue weighted by Crippen LogP contribution is 2.28. The van der Waals surface area contributed by atoms with Crippen molar-refractivity contribution in [2.75, 3.05) is 6.54 Å². The van der Waals surface area contributed by atoms with E-state index >= 15 is 0 Å². The number of carbonyl (C=O) groups is 1. The molecular formula is C22H17ClF6N8O4. The number of aromatic nitrogens is 7. The number of aliphatic hydroxyl groups excluding tert-OH is 1. The predicted molar refractivity (Wildman–Crippen MR) is 127 cm³/mol. The zero-order valence-corrected chi connectivity index (χ0v) is 21.0. The zero-order valence-electron chi connectivity index (χ0n) is 20.3. The Balaban J connectivity index is 1.80. The van der Waals surface area contributed by atoms with Crippen LogP contribution in [-0.2, 0) is 13.1 Å². The average Bonchev–Trinajstić information content (AvgIpc) is 3.44. The molecule has 3 aromatic heterocycles. The van der Waals surface area contributed by atoms with Gasteiger partial charge in [-0.25, -0.2) is 19.4 Å². The van der Waals surface area contributed by atoms with E-state index in [9.17, 15) is 41.0 Å². The summed E-state index contributed by atoms with van der Waals surface area (Å²) < 4.78 is 83.9. The van der Waals surface area contributed by atoms with Crippen molar-refractivity contribution in [3.05, 3.63) is 69.8 Å². The van der Waals surface area contributed by atoms with Gasteiger partial charge in [0.15, 0.2) is 29.3 Å². The average molecular weight is 607 g/mol. The molecule has 1 aromatic carbocycles. The summed E-state index contributed by atoms with van der Waals surface area (Å²) in [6.07, 6.45) is -12.0. The number of rotatable bonds is 9. The van der Waals surface area contributed by atoms with Gasteiger partial charge in [0.25, 0.3) is 0 Å². The molecule has 0 aliphatic heterocycles. The quantitative estimate of drug-likeness (QED) is 0.216. The second kappa shape index (κ2) is 11.3. The van der Waals surface area contributed by atoms with Crippen molar-refractivity contribution in [1.29, 1.82) is 0 Å². The number of Topliss-reactive ketones (excluding diaryl/α,β-unsaturated/α-hetero) is 1. The molecule has 218 valence electrons. The predicted octanol–water partition coefficient (Wildman–Crippen LogP) is 2.35. The molecule has 4 aromatic rings. The Morgan fingerprint density at radius 1 is 1.10 bits per heavy atom. The third-order valence-electron chi connectivity index (χ3n) is 5.31. The molecule has 0 saturated heterocycles. The van der Waals surface area contributed by atoms with Crippen molar-refractivity contribution in [1.82, 2.24) is 34.1 Å². The molecular weight excluding hydrogens is 590 g/mol. The van der Waals surface area contributed by atoms with Gasteiger partial charge in [-0.3, -0.25) is 9.36 Å². The van der Waals surface area contributed by atoms with E-state index in [4.69, 9.17) is 17.3 Å². The van der Waals surface area contributed by atoms with Crippen molar-refractivity contribution in [2.24, 2.45) is 5.73 Å². The second-order valence-electron chi connectivity index (χ2n) is 8.20. The van der Waals surface area contributed by atoms with Crippen molar-refractivity contribution in [2.45, 2.75) is 31.7 Å². The van der Waals surface area contributed by atoms with Crippen LogP contribution in [0.4, 0.5) is 26.3 Å². The summed E-state index contributed by atoms with van der Waals surface area (Å²) in [6, 6.07) is 7.58. The minimum Gasteiger partial charge on any atom is -0.402 e. The van der Waals surface area contributed by atoms with Crippen LogP contribution in [0.5, 0.6) is 5.75 Å². The highest BCUT2D eigenvalue weighted by atomic mass is 35.5. The fraction of sp³-hybridized carbons (Fsp3) is 0.273. The molecule has 0 bridgehead atoms. The summed E-state index contributed by atoms with van der Waals surface area (Å²) in [4.78, 5) is 33.3. The molecule has 0 radical (unpaired) electrons. The Kier molecular flexibility index (Phi) is 8.18. The van der Waals surface area contributed by atoms with Gasteiger partial charge in [0.1, 0.15) is 6.54 Å². The Bertz CT molecular complexity index is 1610. The van der Waals surface area contributed by atoms with Crippen LogP contribution in [0.15, 0.2) is 47.4 Å². The number of aliphatic hydroxyl groups is 1. The summed E-state index contributed by atoms with van der Waals surface area (Å²) >= 11 is 5.86. The Morgan fingerprint density at radius 2 is 1.78 bits per heavy atom. The fourth-order valence-corrected chi connectivity index (χ4v) is 3.64. The van der Waals surface area contributed by atoms with E-state index in [1.54, 1.807) is 0 Å². The molecule has 12 nitrogen and oxygen atoms in total. The first-order chi connectivity index (χ1) is 19.2. The minimum absolute atomic E-state index is 0.166. The van der Waals surface area contributed by atoms with E-state index in [1.165, 1.54) is 24.3 Å². The lowest BCUT2D eigenvalue weighted by Gasteiger charge is -2.15. The van der Waals surface area contributed by atoms with Gasteiger partial charge in [-0.1, -0.05) is 11.6 Å². The van der Waals surface area contributed by atoms with Gasteiger partial charge in [0.2, 0.25) is 11.6 Å². The smallest absolute Gasteiger partial charge is 0.402 e. The van der Waals surface area contributed by atoms with Crippen LogP contribution in [0, 0.1) is 0 Å². The van der Waals surface area contributed by atoms with E-state index in [1.807, 2.05) is 0 Å². The molecule has 4 rings (SSSR count). The molecule has 19 heteroatoms. The van der Waals surface area contributed by atoms with E-state index in [0.717, 1.165) is 18.3 Å². The number of ketones is 1. The summed E-state index contributed by atoms with van der Waals surface area (Å²) in [5.74, 6) is -3.51. The van der Waals surface area contributed by atoms with Crippen molar-refractivity contribution >= 4 is 17.4 Å². The molecule has 0 fully saturated rings. The first-order valence-corrected chi connectivity index (χ1v) is 11.6. The van der Waals surface area contributed by atoms with Crippen LogP contribution in [-0.4, -0.2) is 70.2 Å². The molecule has 0 spiro atoms. The maximum atomic E-state index is 13.1. The molecule has 41 heavy (non-hydrogen) atoms. The number of benzene rings is 1. The minimum atomic E-state index is -5.13. The normalized spacial score (nSPS) is 12.9. The van der Waals surface area contributed by atoms with E-state index in [0.29, 0.717) is 13.9 Å². The Hall–Kier alpha value is -4.29. The van der Waals surface area contributed by atoms with E-state index < -0.39 is 67.1 Å². The number of alkyl halides is 6. The third kappa shape index (κ3) is 6.72. The third-order valence-corrected chi connectivity index (χ3v) is 5.56. The zero-order chi connectivity index (χ0) is 30.1. The molecule has 0 aliphatic carbocycles. The number of nitrogens with zero attached hydrogens (tertiary/aromatic N) is 7. The van der Waals surface area contributed by atoms with Crippen molar-refractivity contribution < 1.29 is 41.0 Å². The number of nitrogens with two attached hydrogens (primary N) is 1. The molecule has 3 heterocycles. The van der Waals surface area contributed by atoms with Crippen LogP contribution in [0.3, 0.4) is 0 Å². The van der Waals surface area contributed by atoms with Crippen LogP contribution in [0.25, 0.3) is 17.2 Å². The topological polar surface area (TPSA) is 156 Å². The van der Waals surface area contributed by atoms with Gasteiger partial charge in [-0.2, -0.15) is 17.9 Å². The Labute approximate surface area is 229 Å². The maximum absolute atomic E-state index is 13.1. The monoisotopic (exact) mass is 606 g/mol. The van der Waals surface area contributed by atoms with Gasteiger partial charge in [-0.05, 0) is 36.4 Å². The molecule has 3 N–H and O–H groups in total. The first kappa shape index (κ1) is 29.7. The van der Waals surface area contributed by atoms with Crippen LogP contribution < -0.4 is 16.2 Å². The molecule has 1 atom stereocenters. The van der Waals surface area contributed by atoms with Crippen LogP contribution >= 0.6 is 11.6 Å². The lowest BCUT2D eigenvalue weighted by atomic mass is 10.2. The van der Waals surface area contributed by atoms with Crippen molar-refractivity contribution in [3.8, 4) is 23.0 Å². The number of carbonyl (C=O) groups excluding carboxylic acids is 1. The number of ether oxygens (including phenoxy) is 1. The Morgan fingerprint density at radius 3 is 2.39 bits per heavy atom. The lowest BCUT2D eigenvalue weighted by Crippen LogP contribution is -2.37. The standard InChI is InChI=1S/C22H17ClF6N8O4/c23-12-5-3-11(4-6-12)17-34-36(20(40)35(17)9-15(39)21(24,25)26)10-16-32-18(13(38)8-30)37(33-16)19-14(2-1-7-31-19)41-22(27,28)29/h1-7,15,39H,8-10,30H2/t15-/m0/s1. The van der Waals surface area contributed by atoms with Crippen LogP contribution in [0.2, 0.25) is 5.02 Å². The van der Waals surface area contributed by atoms with E-state index in [-0.39, 0.29) is 22.2 Å². The second-order valence-corrected chi connectivity index (χ2v) is 8.64. The van der Waals surface area contributed by atoms with Gasteiger partial charge in [0.05, 0.1) is 13.1 Å². The highest BCUT2D eigenvalue weighted by molar-refractivity contribution is 6.30. The number of hydrogen-bond donors (Lipinski definition) is 2. The molecule has 0 aliphatic rings. The lowest BCUT2D eigenvalue weighted by molar-refractivity contribution is -0.274. The molecule has 0 saturated carbocycles. The fourth-order valence-electron chi connectivity index (χ4n) is 3.52. The SMILES string of the molecule is NCC(=O)c1nc(Cn2nc(-c3ccc(Cl)cc3)n(C[C@H](O)C(F)(F)F)c2=O)nn1-c1ncccc1OC(F)(F)F. The van der Waals surface area contributed by atoms with Crippen LogP contribution in [0.1, 0.15) is 16.4 Å². The van der Waals surface area contributed by atoms with E-state index in [2.05, 4.69) is 24.9 Å². The summed E-state index contributed by atoms with van der Waals surface area (Å²) in [7, 11) is 0. The largest absolute Gasteiger partial charge is 0.573 e.